The Morgan fingerprint density at radius 2 is 2.17 bits per heavy atom. The number of amides is 1. The summed E-state index contributed by atoms with van der Waals surface area (Å²) in [6.45, 7) is 4.28. The monoisotopic (exact) mass is 507 g/mol. The molecule has 3 aromatic rings. The molecule has 1 amide bonds. The fraction of sp³-hybridized carbons (Fsp3) is 0.500. The van der Waals surface area contributed by atoms with Crippen molar-refractivity contribution >= 4 is 28.1 Å². The first kappa shape index (κ1) is 23.1. The number of fused-ring (bicyclic) bond motifs is 7. The first-order chi connectivity index (χ1) is 17.3. The molecule has 3 aliphatic rings. The lowest BCUT2D eigenvalue weighted by molar-refractivity contribution is -0.386. The van der Waals surface area contributed by atoms with Crippen molar-refractivity contribution in [3.63, 3.8) is 0 Å². The topological polar surface area (TPSA) is 134 Å². The molecule has 188 valence electrons. The number of carbonyl (C=O) groups excluding carboxylic acids is 1. The van der Waals surface area contributed by atoms with Crippen LogP contribution in [0.2, 0.25) is 0 Å². The number of H-pyrrole nitrogens is 1. The summed E-state index contributed by atoms with van der Waals surface area (Å²) in [4.78, 5) is 29.4. The van der Waals surface area contributed by atoms with Crippen LogP contribution in [-0.4, -0.2) is 31.1 Å². The van der Waals surface area contributed by atoms with Gasteiger partial charge in [0.2, 0.25) is 5.91 Å². The van der Waals surface area contributed by atoms with E-state index in [4.69, 9.17) is 0 Å². The van der Waals surface area contributed by atoms with E-state index in [2.05, 4.69) is 27.4 Å². The third kappa shape index (κ3) is 3.45. The van der Waals surface area contributed by atoms with Crippen LogP contribution in [0.15, 0.2) is 24.5 Å². The Bertz CT molecular complexity index is 1370. The Kier molecular flexibility index (Phi) is 5.40. The van der Waals surface area contributed by atoms with E-state index in [9.17, 15) is 20.0 Å². The first-order valence-corrected chi connectivity index (χ1v) is 13.3. The van der Waals surface area contributed by atoms with E-state index in [1.54, 1.807) is 6.20 Å². The standard InChI is InChI=1S/C26H29N5O4S/c1-13-11-27-25(36-13)29-21(33)8-6-17-19-12-28-30-24(19)26(2)10-9-15-14-5-7-20(32)23(31(34)35)18(14)4-3-16(15)22(17)26/h5,7,11-12,15-17,22,32H,3-4,6,8-10H2,1-2H3,(H,28,30)(H,27,29,33)/t15?,16?,17-,22?,26+/m1/s1. The predicted octanol–water partition coefficient (Wildman–Crippen LogP) is 5.32. The van der Waals surface area contributed by atoms with Crippen LogP contribution < -0.4 is 5.32 Å². The van der Waals surface area contributed by atoms with Gasteiger partial charge in [0.05, 0.1) is 11.1 Å². The number of hydrogen-bond donors (Lipinski definition) is 3. The maximum absolute atomic E-state index is 12.8. The number of anilines is 1. The van der Waals surface area contributed by atoms with E-state index in [0.717, 1.165) is 36.1 Å². The molecule has 0 radical (unpaired) electrons. The van der Waals surface area contributed by atoms with Gasteiger partial charge in [0.1, 0.15) is 0 Å². The number of benzene rings is 1. The van der Waals surface area contributed by atoms with Gasteiger partial charge in [-0.2, -0.15) is 5.10 Å². The SMILES string of the molecule is Cc1cnc(NC(=O)CC[C@@H]2c3cn[nH]c3[C@@]3(C)CCC4c5ccc(O)c([N+](=O)[O-])c5CCC4C23)s1. The highest BCUT2D eigenvalue weighted by Gasteiger charge is 2.58. The molecule has 2 heterocycles. The molecule has 0 saturated heterocycles. The van der Waals surface area contributed by atoms with Gasteiger partial charge in [-0.05, 0) is 79.9 Å². The highest BCUT2D eigenvalue weighted by atomic mass is 32.1. The van der Waals surface area contributed by atoms with Crippen molar-refractivity contribution in [3.8, 4) is 5.75 Å². The van der Waals surface area contributed by atoms with E-state index in [1.165, 1.54) is 28.7 Å². The molecule has 3 aliphatic carbocycles. The van der Waals surface area contributed by atoms with Crippen molar-refractivity contribution in [3.05, 3.63) is 61.9 Å². The molecule has 3 unspecified atom stereocenters. The van der Waals surface area contributed by atoms with Crippen LogP contribution in [0.1, 0.15) is 78.1 Å². The van der Waals surface area contributed by atoms with Gasteiger partial charge in [-0.1, -0.05) is 13.0 Å². The number of nitrogens with zero attached hydrogens (tertiary/aromatic N) is 3. The predicted molar refractivity (Wildman–Crippen MR) is 135 cm³/mol. The normalized spacial score (nSPS) is 28.1. The number of phenolic OH excluding ortho intramolecular Hbond substituents is 1. The lowest BCUT2D eigenvalue weighted by Gasteiger charge is -2.50. The molecule has 36 heavy (non-hydrogen) atoms. The molecule has 0 aliphatic heterocycles. The Balaban J connectivity index is 1.30. The zero-order valence-electron chi connectivity index (χ0n) is 20.3. The smallest absolute Gasteiger partial charge is 0.314 e. The number of nitrogens with one attached hydrogen (secondary N) is 2. The number of carbonyl (C=O) groups is 1. The zero-order chi connectivity index (χ0) is 25.2. The van der Waals surface area contributed by atoms with E-state index in [0.29, 0.717) is 35.4 Å². The van der Waals surface area contributed by atoms with Crippen LogP contribution in [0.3, 0.4) is 0 Å². The number of nitro groups is 1. The molecule has 10 heteroatoms. The fourth-order valence-electron chi connectivity index (χ4n) is 7.57. The summed E-state index contributed by atoms with van der Waals surface area (Å²) in [7, 11) is 0. The van der Waals surface area contributed by atoms with Gasteiger partial charge in [0, 0.05) is 34.2 Å². The van der Waals surface area contributed by atoms with Gasteiger partial charge in [-0.15, -0.1) is 11.3 Å². The molecular formula is C26H29N5O4S. The van der Waals surface area contributed by atoms with E-state index >= 15 is 0 Å². The summed E-state index contributed by atoms with van der Waals surface area (Å²) in [6, 6.07) is 3.38. The van der Waals surface area contributed by atoms with E-state index < -0.39 is 4.92 Å². The quantitative estimate of drug-likeness (QED) is 0.316. The van der Waals surface area contributed by atoms with Crippen molar-refractivity contribution in [2.75, 3.05) is 5.32 Å². The highest BCUT2D eigenvalue weighted by Crippen LogP contribution is 2.65. The Morgan fingerprint density at radius 3 is 2.92 bits per heavy atom. The van der Waals surface area contributed by atoms with Crippen molar-refractivity contribution in [1.29, 1.82) is 0 Å². The van der Waals surface area contributed by atoms with Gasteiger partial charge in [-0.25, -0.2) is 4.98 Å². The molecule has 1 aromatic carbocycles. The van der Waals surface area contributed by atoms with Crippen molar-refractivity contribution in [1.82, 2.24) is 15.2 Å². The number of aromatic nitrogens is 3. The van der Waals surface area contributed by atoms with Crippen LogP contribution >= 0.6 is 11.3 Å². The number of nitro benzene ring substituents is 1. The van der Waals surface area contributed by atoms with Crippen molar-refractivity contribution < 1.29 is 14.8 Å². The van der Waals surface area contributed by atoms with Crippen LogP contribution in [0, 0.1) is 28.9 Å². The maximum Gasteiger partial charge on any atom is 0.314 e. The summed E-state index contributed by atoms with van der Waals surface area (Å²) in [5.74, 6) is 0.772. The summed E-state index contributed by atoms with van der Waals surface area (Å²) in [5.41, 5.74) is 3.91. The third-order valence-corrected chi connectivity index (χ3v) is 9.75. The number of rotatable bonds is 5. The summed E-state index contributed by atoms with van der Waals surface area (Å²) >= 11 is 1.47. The van der Waals surface area contributed by atoms with Crippen molar-refractivity contribution in [2.24, 2.45) is 11.8 Å². The number of aromatic hydroxyl groups is 1. The second kappa shape index (κ2) is 8.40. The largest absolute Gasteiger partial charge is 0.502 e. The number of aromatic amines is 1. The average Bonchev–Trinajstić information content (AvgIpc) is 3.53. The van der Waals surface area contributed by atoms with Gasteiger partial charge < -0.3 is 10.4 Å². The average molecular weight is 508 g/mol. The number of phenols is 1. The Labute approximate surface area is 212 Å². The molecule has 6 rings (SSSR count). The molecule has 1 saturated carbocycles. The molecule has 5 atom stereocenters. The van der Waals surface area contributed by atoms with Gasteiger partial charge in [0.25, 0.3) is 0 Å². The highest BCUT2D eigenvalue weighted by molar-refractivity contribution is 7.15. The minimum absolute atomic E-state index is 0.0320. The second-order valence-electron chi connectivity index (χ2n) is 10.7. The number of hydrogen-bond acceptors (Lipinski definition) is 7. The Hall–Kier alpha value is -3.27. The zero-order valence-corrected chi connectivity index (χ0v) is 21.1. The fourth-order valence-corrected chi connectivity index (χ4v) is 8.25. The summed E-state index contributed by atoms with van der Waals surface area (Å²) < 4.78 is 0. The molecule has 2 aromatic heterocycles. The van der Waals surface area contributed by atoms with Gasteiger partial charge >= 0.3 is 5.69 Å². The molecule has 3 N–H and O–H groups in total. The van der Waals surface area contributed by atoms with E-state index in [1.807, 2.05) is 19.2 Å². The van der Waals surface area contributed by atoms with Gasteiger partial charge in [0.15, 0.2) is 10.9 Å². The maximum atomic E-state index is 12.8. The molecule has 1 fully saturated rings. The molecular weight excluding hydrogens is 478 g/mol. The van der Waals surface area contributed by atoms with Crippen LogP contribution in [0.5, 0.6) is 5.75 Å². The minimum Gasteiger partial charge on any atom is -0.502 e. The summed E-state index contributed by atoms with van der Waals surface area (Å²) in [6.07, 6.45) is 8.10. The second-order valence-corrected chi connectivity index (χ2v) is 12.0. The third-order valence-electron chi connectivity index (χ3n) is 8.92. The Morgan fingerprint density at radius 1 is 1.33 bits per heavy atom. The first-order valence-electron chi connectivity index (χ1n) is 12.5. The van der Waals surface area contributed by atoms with Crippen molar-refractivity contribution in [2.45, 2.75) is 69.6 Å². The minimum atomic E-state index is -0.446. The lowest BCUT2D eigenvalue weighted by Crippen LogP contribution is -2.44. The van der Waals surface area contributed by atoms with Crippen LogP contribution in [0.25, 0.3) is 0 Å². The van der Waals surface area contributed by atoms with Crippen LogP contribution in [0.4, 0.5) is 10.8 Å². The number of aryl methyl sites for hydroxylation is 1. The van der Waals surface area contributed by atoms with Crippen LogP contribution in [-0.2, 0) is 16.6 Å². The molecule has 9 nitrogen and oxygen atoms in total. The molecule has 0 spiro atoms. The molecule has 0 bridgehead atoms. The van der Waals surface area contributed by atoms with Gasteiger partial charge in [-0.3, -0.25) is 20.0 Å². The van der Waals surface area contributed by atoms with E-state index in [-0.39, 0.29) is 34.6 Å². The lowest BCUT2D eigenvalue weighted by atomic mass is 9.53. The number of thiazole rings is 1. The summed E-state index contributed by atoms with van der Waals surface area (Å²) in [5, 5.41) is 33.1.